The van der Waals surface area contributed by atoms with Crippen LogP contribution >= 0.6 is 23.4 Å². The highest BCUT2D eigenvalue weighted by Crippen LogP contribution is 2.31. The number of nitrogens with zero attached hydrogens (tertiary/aromatic N) is 1. The SMILES string of the molecule is N#Cc1cc(Cl)cc(Sc2ccccc2F)c1. The van der Waals surface area contributed by atoms with E-state index in [4.69, 9.17) is 16.9 Å². The van der Waals surface area contributed by atoms with Gasteiger partial charge >= 0.3 is 0 Å². The van der Waals surface area contributed by atoms with Gasteiger partial charge in [-0.2, -0.15) is 5.26 Å². The highest BCUT2D eigenvalue weighted by Gasteiger charge is 2.05. The molecular formula is C13H7ClFNS. The molecule has 0 aliphatic carbocycles. The number of nitriles is 1. The van der Waals surface area contributed by atoms with Crippen molar-refractivity contribution in [2.75, 3.05) is 0 Å². The highest BCUT2D eigenvalue weighted by molar-refractivity contribution is 7.99. The van der Waals surface area contributed by atoms with Crippen LogP contribution in [0.15, 0.2) is 52.3 Å². The minimum absolute atomic E-state index is 0.281. The number of rotatable bonds is 2. The van der Waals surface area contributed by atoms with Crippen molar-refractivity contribution in [1.29, 1.82) is 5.26 Å². The van der Waals surface area contributed by atoms with Gasteiger partial charge in [0.25, 0.3) is 0 Å². The standard InChI is InChI=1S/C13H7ClFNS/c14-10-5-9(8-16)6-11(7-10)17-13-4-2-1-3-12(13)15/h1-7H. The van der Waals surface area contributed by atoms with Gasteiger partial charge in [0.1, 0.15) is 5.82 Å². The van der Waals surface area contributed by atoms with Gasteiger partial charge in [-0.1, -0.05) is 35.5 Å². The molecule has 0 aliphatic heterocycles. The van der Waals surface area contributed by atoms with Gasteiger partial charge in [-0.25, -0.2) is 4.39 Å². The zero-order valence-electron chi connectivity index (χ0n) is 8.65. The van der Waals surface area contributed by atoms with Gasteiger partial charge in [-0.05, 0) is 30.3 Å². The summed E-state index contributed by atoms with van der Waals surface area (Å²) in [5.41, 5.74) is 0.469. The van der Waals surface area contributed by atoms with E-state index in [1.54, 1.807) is 36.4 Å². The quantitative estimate of drug-likeness (QED) is 0.796. The topological polar surface area (TPSA) is 23.8 Å². The molecule has 0 saturated carbocycles. The van der Waals surface area contributed by atoms with Crippen LogP contribution in [-0.4, -0.2) is 0 Å². The Labute approximate surface area is 108 Å². The summed E-state index contributed by atoms with van der Waals surface area (Å²) in [5, 5.41) is 9.29. The fourth-order valence-electron chi connectivity index (χ4n) is 1.34. The normalized spacial score (nSPS) is 9.94. The monoisotopic (exact) mass is 263 g/mol. The van der Waals surface area contributed by atoms with Gasteiger partial charge in [0.2, 0.25) is 0 Å². The van der Waals surface area contributed by atoms with E-state index in [1.165, 1.54) is 17.8 Å². The summed E-state index contributed by atoms with van der Waals surface area (Å²) in [5.74, 6) is -0.281. The third kappa shape index (κ3) is 3.00. The van der Waals surface area contributed by atoms with E-state index in [2.05, 4.69) is 0 Å². The van der Waals surface area contributed by atoms with Crippen LogP contribution < -0.4 is 0 Å². The van der Waals surface area contributed by atoms with Gasteiger partial charge in [0, 0.05) is 14.8 Å². The van der Waals surface area contributed by atoms with E-state index >= 15 is 0 Å². The van der Waals surface area contributed by atoms with Gasteiger partial charge < -0.3 is 0 Å². The first-order chi connectivity index (χ1) is 8.19. The first kappa shape index (κ1) is 12.0. The Morgan fingerprint density at radius 2 is 1.94 bits per heavy atom. The lowest BCUT2D eigenvalue weighted by atomic mass is 10.2. The Morgan fingerprint density at radius 3 is 2.65 bits per heavy atom. The largest absolute Gasteiger partial charge is 0.206 e. The van der Waals surface area contributed by atoms with Crippen LogP contribution in [0, 0.1) is 17.1 Å². The zero-order chi connectivity index (χ0) is 12.3. The summed E-state index contributed by atoms with van der Waals surface area (Å²) < 4.78 is 13.4. The molecule has 2 rings (SSSR count). The molecule has 17 heavy (non-hydrogen) atoms. The minimum atomic E-state index is -0.281. The molecule has 0 saturated heterocycles. The molecule has 0 fully saturated rings. The van der Waals surface area contributed by atoms with Crippen LogP contribution in [0.3, 0.4) is 0 Å². The summed E-state index contributed by atoms with van der Waals surface area (Å²) in [6.07, 6.45) is 0. The van der Waals surface area contributed by atoms with Crippen molar-refractivity contribution in [2.24, 2.45) is 0 Å². The van der Waals surface area contributed by atoms with E-state index in [1.807, 2.05) is 6.07 Å². The van der Waals surface area contributed by atoms with Crippen LogP contribution in [0.25, 0.3) is 0 Å². The van der Waals surface area contributed by atoms with Crippen molar-refractivity contribution >= 4 is 23.4 Å². The summed E-state index contributed by atoms with van der Waals surface area (Å²) in [7, 11) is 0. The summed E-state index contributed by atoms with van der Waals surface area (Å²) >= 11 is 7.12. The van der Waals surface area contributed by atoms with Crippen LogP contribution in [0.2, 0.25) is 5.02 Å². The van der Waals surface area contributed by atoms with Crippen LogP contribution in [0.1, 0.15) is 5.56 Å². The molecule has 0 radical (unpaired) electrons. The lowest BCUT2D eigenvalue weighted by molar-refractivity contribution is 0.602. The molecule has 0 amide bonds. The second kappa shape index (κ2) is 5.22. The molecule has 0 bridgehead atoms. The first-order valence-electron chi connectivity index (χ1n) is 4.82. The van der Waals surface area contributed by atoms with Crippen molar-refractivity contribution in [3.05, 3.63) is 58.9 Å². The van der Waals surface area contributed by atoms with Crippen molar-refractivity contribution in [3.8, 4) is 6.07 Å². The predicted octanol–water partition coefficient (Wildman–Crippen LogP) is 4.50. The molecule has 0 aromatic heterocycles. The Bertz CT molecular complexity index is 592. The van der Waals surface area contributed by atoms with Gasteiger partial charge in [-0.3, -0.25) is 0 Å². The Kier molecular flexibility index (Phi) is 3.68. The van der Waals surface area contributed by atoms with Gasteiger partial charge in [-0.15, -0.1) is 0 Å². The number of halogens is 2. The third-order valence-corrected chi connectivity index (χ3v) is 3.31. The summed E-state index contributed by atoms with van der Waals surface area (Å²) in [6.45, 7) is 0. The molecule has 0 unspecified atom stereocenters. The summed E-state index contributed by atoms with van der Waals surface area (Å²) in [4.78, 5) is 1.26. The number of benzene rings is 2. The average molecular weight is 264 g/mol. The molecule has 0 heterocycles. The minimum Gasteiger partial charge on any atom is -0.206 e. The molecule has 0 atom stereocenters. The Balaban J connectivity index is 2.34. The maximum Gasteiger partial charge on any atom is 0.137 e. The average Bonchev–Trinajstić information content (AvgIpc) is 2.31. The van der Waals surface area contributed by atoms with Crippen molar-refractivity contribution in [2.45, 2.75) is 9.79 Å². The zero-order valence-corrected chi connectivity index (χ0v) is 10.2. The Hall–Kier alpha value is -1.50. The summed E-state index contributed by atoms with van der Waals surface area (Å²) in [6, 6.07) is 13.5. The molecule has 2 aromatic carbocycles. The van der Waals surface area contributed by atoms with E-state index in [9.17, 15) is 4.39 Å². The van der Waals surface area contributed by atoms with Crippen LogP contribution in [0.4, 0.5) is 4.39 Å². The lowest BCUT2D eigenvalue weighted by Crippen LogP contribution is -1.82. The molecule has 1 nitrogen and oxygen atoms in total. The molecule has 4 heteroatoms. The smallest absolute Gasteiger partial charge is 0.137 e. The van der Waals surface area contributed by atoms with Gasteiger partial charge in [0.15, 0.2) is 0 Å². The van der Waals surface area contributed by atoms with Crippen molar-refractivity contribution < 1.29 is 4.39 Å². The molecule has 0 N–H and O–H groups in total. The van der Waals surface area contributed by atoms with Crippen molar-refractivity contribution in [1.82, 2.24) is 0 Å². The van der Waals surface area contributed by atoms with E-state index < -0.39 is 0 Å². The number of hydrogen-bond acceptors (Lipinski definition) is 2. The van der Waals surface area contributed by atoms with E-state index in [-0.39, 0.29) is 5.82 Å². The lowest BCUT2D eigenvalue weighted by Gasteiger charge is -2.04. The molecular weight excluding hydrogens is 257 g/mol. The maximum atomic E-state index is 13.4. The Morgan fingerprint density at radius 1 is 1.18 bits per heavy atom. The maximum absolute atomic E-state index is 13.4. The fourth-order valence-corrected chi connectivity index (χ4v) is 2.58. The van der Waals surface area contributed by atoms with Crippen LogP contribution in [-0.2, 0) is 0 Å². The molecule has 0 aliphatic rings. The second-order valence-electron chi connectivity index (χ2n) is 3.32. The highest BCUT2D eigenvalue weighted by atomic mass is 35.5. The third-order valence-electron chi connectivity index (χ3n) is 2.06. The first-order valence-corrected chi connectivity index (χ1v) is 6.01. The number of hydrogen-bond donors (Lipinski definition) is 0. The molecule has 2 aromatic rings. The second-order valence-corrected chi connectivity index (χ2v) is 4.87. The van der Waals surface area contributed by atoms with Crippen molar-refractivity contribution in [3.63, 3.8) is 0 Å². The van der Waals surface area contributed by atoms with Gasteiger partial charge in [0.05, 0.1) is 11.6 Å². The predicted molar refractivity (Wildman–Crippen MR) is 66.7 cm³/mol. The van der Waals surface area contributed by atoms with E-state index in [0.29, 0.717) is 15.5 Å². The van der Waals surface area contributed by atoms with E-state index in [0.717, 1.165) is 4.90 Å². The fraction of sp³-hybridized carbons (Fsp3) is 0. The van der Waals surface area contributed by atoms with Crippen LogP contribution in [0.5, 0.6) is 0 Å². The molecule has 0 spiro atoms. The molecule has 84 valence electrons.